The smallest absolute Gasteiger partial charge is 0.174 e. The second kappa shape index (κ2) is 6.12. The molecule has 1 atom stereocenters. The molecular formula is C19H24O3. The number of benzene rings is 1. The van der Waals surface area contributed by atoms with Crippen LogP contribution in [-0.2, 0) is 10.3 Å². The molecule has 1 aromatic rings. The Morgan fingerprint density at radius 1 is 1.27 bits per heavy atom. The largest absolute Gasteiger partial charge is 0.490 e. The summed E-state index contributed by atoms with van der Waals surface area (Å²) >= 11 is 0. The van der Waals surface area contributed by atoms with Crippen LogP contribution in [0.4, 0.5) is 0 Å². The molecule has 0 amide bonds. The molecule has 1 N–H and O–H groups in total. The van der Waals surface area contributed by atoms with Crippen LogP contribution in [0.3, 0.4) is 0 Å². The molecule has 1 unspecified atom stereocenters. The van der Waals surface area contributed by atoms with E-state index in [2.05, 4.69) is 12.3 Å². The van der Waals surface area contributed by atoms with E-state index in [4.69, 9.17) is 4.74 Å². The summed E-state index contributed by atoms with van der Waals surface area (Å²) in [6.07, 6.45) is 2.80. The lowest BCUT2D eigenvalue weighted by Crippen LogP contribution is -2.47. The molecular weight excluding hydrogens is 276 g/mol. The maximum absolute atomic E-state index is 13.2. The number of ether oxygens (including phenoxy) is 1. The van der Waals surface area contributed by atoms with E-state index in [-0.39, 0.29) is 11.5 Å². The van der Waals surface area contributed by atoms with Crippen molar-refractivity contribution in [2.75, 3.05) is 7.11 Å². The molecule has 1 aliphatic carbocycles. The second-order valence-electron chi connectivity index (χ2n) is 5.88. The molecule has 0 radical (unpaired) electrons. The summed E-state index contributed by atoms with van der Waals surface area (Å²) in [4.78, 5) is 13.2. The quantitative estimate of drug-likeness (QED) is 0.638. The van der Waals surface area contributed by atoms with Gasteiger partial charge in [-0.1, -0.05) is 63.3 Å². The number of aliphatic hydroxyl groups is 1. The first-order chi connectivity index (χ1) is 10.5. The number of rotatable bonds is 6. The summed E-state index contributed by atoms with van der Waals surface area (Å²) in [6, 6.07) is 7.25. The highest BCUT2D eigenvalue weighted by atomic mass is 16.5. The minimum atomic E-state index is -1.50. The zero-order chi connectivity index (χ0) is 16.4. The summed E-state index contributed by atoms with van der Waals surface area (Å²) < 4.78 is 5.38. The first kappa shape index (κ1) is 16.5. The first-order valence-electron chi connectivity index (χ1n) is 7.84. The Kier molecular flexibility index (Phi) is 4.60. The highest BCUT2D eigenvalue weighted by Crippen LogP contribution is 2.58. The lowest BCUT2D eigenvalue weighted by molar-refractivity contribution is -0.0735. The Morgan fingerprint density at radius 3 is 2.36 bits per heavy atom. The lowest BCUT2D eigenvalue weighted by Gasteiger charge is -2.41. The first-order valence-corrected chi connectivity index (χ1v) is 7.84. The van der Waals surface area contributed by atoms with Gasteiger partial charge in [0.15, 0.2) is 17.1 Å². The normalized spacial score (nSPS) is 22.1. The van der Waals surface area contributed by atoms with E-state index < -0.39 is 11.0 Å². The maximum Gasteiger partial charge on any atom is 0.174 e. The number of hydrogen-bond donors (Lipinski definition) is 1. The van der Waals surface area contributed by atoms with Crippen LogP contribution in [0.1, 0.15) is 55.5 Å². The summed E-state index contributed by atoms with van der Waals surface area (Å²) in [7, 11) is 1.49. The SMILES string of the molecule is C=C=C(OC)C1(O)c2ccccc2C(=O)C1(CCC)CCC. The van der Waals surface area contributed by atoms with E-state index in [0.717, 1.165) is 12.8 Å². The standard InChI is InChI=1S/C19H24O3/c1-5-12-18(13-6-2)17(20)14-10-8-9-11-15(14)19(18,21)16(7-3)22-4/h8-11,21H,3,5-6,12-13H2,1-2,4H3. The van der Waals surface area contributed by atoms with Crippen molar-refractivity contribution in [2.45, 2.75) is 45.1 Å². The molecule has 0 spiro atoms. The van der Waals surface area contributed by atoms with Crippen LogP contribution in [-0.4, -0.2) is 18.0 Å². The van der Waals surface area contributed by atoms with Gasteiger partial charge in [-0.15, -0.1) is 0 Å². The van der Waals surface area contributed by atoms with Crippen LogP contribution in [0, 0.1) is 5.41 Å². The molecule has 3 nitrogen and oxygen atoms in total. The van der Waals surface area contributed by atoms with Crippen molar-refractivity contribution < 1.29 is 14.6 Å². The number of carbonyl (C=O) groups excluding carboxylic acids is 1. The van der Waals surface area contributed by atoms with Gasteiger partial charge in [0.2, 0.25) is 0 Å². The molecule has 3 heteroatoms. The van der Waals surface area contributed by atoms with Crippen molar-refractivity contribution in [3.8, 4) is 0 Å². The summed E-state index contributed by atoms with van der Waals surface area (Å²) in [5, 5.41) is 11.7. The van der Waals surface area contributed by atoms with Crippen LogP contribution in [0.25, 0.3) is 0 Å². The van der Waals surface area contributed by atoms with Crippen molar-refractivity contribution in [1.82, 2.24) is 0 Å². The number of fused-ring (bicyclic) bond motifs is 1. The molecule has 0 fully saturated rings. The predicted molar refractivity (Wildman–Crippen MR) is 86.6 cm³/mol. The number of carbonyl (C=O) groups is 1. The van der Waals surface area contributed by atoms with Crippen LogP contribution in [0.15, 0.2) is 42.3 Å². The van der Waals surface area contributed by atoms with Crippen LogP contribution < -0.4 is 0 Å². The van der Waals surface area contributed by atoms with Gasteiger partial charge in [-0.3, -0.25) is 4.79 Å². The van der Waals surface area contributed by atoms with Gasteiger partial charge in [0.1, 0.15) is 0 Å². The molecule has 0 aliphatic heterocycles. The van der Waals surface area contributed by atoms with Crippen molar-refractivity contribution >= 4 is 5.78 Å². The van der Waals surface area contributed by atoms with Crippen LogP contribution in [0.2, 0.25) is 0 Å². The number of Topliss-reactive ketones (excluding diaryl/α,β-unsaturated/α-hetero) is 1. The van der Waals surface area contributed by atoms with E-state index in [1.165, 1.54) is 7.11 Å². The Balaban J connectivity index is 2.82. The molecule has 0 heterocycles. The fraction of sp³-hybridized carbons (Fsp3) is 0.474. The van der Waals surface area contributed by atoms with Gasteiger partial charge >= 0.3 is 0 Å². The minimum Gasteiger partial charge on any atom is -0.490 e. The highest BCUT2D eigenvalue weighted by molar-refractivity contribution is 6.07. The van der Waals surface area contributed by atoms with Gasteiger partial charge in [-0.2, -0.15) is 0 Å². The van der Waals surface area contributed by atoms with Gasteiger partial charge in [-0.25, -0.2) is 0 Å². The number of hydrogen-bond acceptors (Lipinski definition) is 3. The minimum absolute atomic E-state index is 0.000833. The van der Waals surface area contributed by atoms with Gasteiger partial charge < -0.3 is 9.84 Å². The van der Waals surface area contributed by atoms with E-state index in [1.54, 1.807) is 12.1 Å². The van der Waals surface area contributed by atoms with E-state index >= 15 is 0 Å². The number of ketones is 1. The monoisotopic (exact) mass is 300 g/mol. The zero-order valence-electron chi connectivity index (χ0n) is 13.6. The molecule has 0 saturated heterocycles. The summed E-state index contributed by atoms with van der Waals surface area (Å²) in [5.74, 6) is 0.229. The number of methoxy groups -OCH3 is 1. The molecule has 0 saturated carbocycles. The maximum atomic E-state index is 13.2. The summed E-state index contributed by atoms with van der Waals surface area (Å²) in [6.45, 7) is 7.70. The third kappa shape index (κ3) is 1.97. The average molecular weight is 300 g/mol. The third-order valence-electron chi connectivity index (χ3n) is 4.74. The molecule has 1 aromatic carbocycles. The highest BCUT2D eigenvalue weighted by Gasteiger charge is 2.64. The van der Waals surface area contributed by atoms with Crippen molar-refractivity contribution in [1.29, 1.82) is 0 Å². The molecule has 2 rings (SSSR count). The van der Waals surface area contributed by atoms with Gasteiger partial charge in [0.05, 0.1) is 12.5 Å². The Hall–Kier alpha value is -1.83. The zero-order valence-corrected chi connectivity index (χ0v) is 13.6. The lowest BCUT2D eigenvalue weighted by atomic mass is 9.65. The van der Waals surface area contributed by atoms with Gasteiger partial charge in [0.25, 0.3) is 0 Å². The molecule has 1 aliphatic rings. The second-order valence-corrected chi connectivity index (χ2v) is 5.88. The van der Waals surface area contributed by atoms with Crippen molar-refractivity contribution in [2.24, 2.45) is 5.41 Å². The molecule has 118 valence electrons. The van der Waals surface area contributed by atoms with Crippen LogP contribution >= 0.6 is 0 Å². The van der Waals surface area contributed by atoms with E-state index in [0.29, 0.717) is 24.0 Å². The Morgan fingerprint density at radius 2 is 1.86 bits per heavy atom. The molecule has 0 aromatic heterocycles. The van der Waals surface area contributed by atoms with Gasteiger partial charge in [-0.05, 0) is 12.8 Å². The Labute approximate surface area is 132 Å². The Bertz CT molecular complexity index is 619. The van der Waals surface area contributed by atoms with Crippen molar-refractivity contribution in [3.05, 3.63) is 53.5 Å². The fourth-order valence-electron chi connectivity index (χ4n) is 3.93. The molecule has 22 heavy (non-hydrogen) atoms. The topological polar surface area (TPSA) is 46.5 Å². The van der Waals surface area contributed by atoms with E-state index in [1.807, 2.05) is 26.0 Å². The average Bonchev–Trinajstić information content (AvgIpc) is 2.71. The van der Waals surface area contributed by atoms with Crippen molar-refractivity contribution in [3.63, 3.8) is 0 Å². The fourth-order valence-corrected chi connectivity index (χ4v) is 3.93. The van der Waals surface area contributed by atoms with Gasteiger partial charge in [0, 0.05) is 11.1 Å². The summed E-state index contributed by atoms with van der Waals surface area (Å²) in [5.41, 5.74) is 1.49. The molecule has 0 bridgehead atoms. The third-order valence-corrected chi connectivity index (χ3v) is 4.74. The van der Waals surface area contributed by atoms with E-state index in [9.17, 15) is 9.90 Å². The predicted octanol–water partition coefficient (Wildman–Crippen LogP) is 3.97. The van der Waals surface area contributed by atoms with Crippen LogP contribution in [0.5, 0.6) is 0 Å².